The zero-order chi connectivity index (χ0) is 10.0. The Kier molecular flexibility index (Phi) is 2.62. The Labute approximate surface area is 85.3 Å². The number of carbonyl (C=O) groups excluding carboxylic acids is 1. The van der Waals surface area contributed by atoms with E-state index in [0.717, 1.165) is 6.42 Å². The van der Waals surface area contributed by atoms with Crippen LogP contribution in [0.3, 0.4) is 0 Å². The summed E-state index contributed by atoms with van der Waals surface area (Å²) in [5, 5.41) is 0. The first-order chi connectivity index (χ1) is 6.77. The molecule has 2 heteroatoms. The van der Waals surface area contributed by atoms with Gasteiger partial charge in [-0.2, -0.15) is 0 Å². The Hall–Kier alpha value is -0.790. The van der Waals surface area contributed by atoms with Crippen molar-refractivity contribution < 1.29 is 9.53 Å². The molecule has 2 nitrogen and oxygen atoms in total. The lowest BCUT2D eigenvalue weighted by molar-refractivity contribution is -0.142. The number of ether oxygens (including phenoxy) is 1. The second kappa shape index (κ2) is 3.76. The SMILES string of the molecule is CCCCC12CCCC1=CC(=O)OC2. The van der Waals surface area contributed by atoms with Gasteiger partial charge in [0.05, 0.1) is 0 Å². The van der Waals surface area contributed by atoms with E-state index in [1.54, 1.807) is 6.08 Å². The van der Waals surface area contributed by atoms with Crippen LogP contribution in [-0.2, 0) is 9.53 Å². The summed E-state index contributed by atoms with van der Waals surface area (Å²) in [7, 11) is 0. The first kappa shape index (κ1) is 9.75. The van der Waals surface area contributed by atoms with E-state index < -0.39 is 0 Å². The molecule has 1 unspecified atom stereocenters. The van der Waals surface area contributed by atoms with E-state index in [1.807, 2.05) is 0 Å². The maximum absolute atomic E-state index is 11.1. The maximum Gasteiger partial charge on any atom is 0.330 e. The molecular weight excluding hydrogens is 176 g/mol. The summed E-state index contributed by atoms with van der Waals surface area (Å²) in [5.74, 6) is -0.131. The maximum atomic E-state index is 11.1. The van der Waals surface area contributed by atoms with E-state index in [4.69, 9.17) is 4.74 Å². The van der Waals surface area contributed by atoms with Crippen molar-refractivity contribution in [3.63, 3.8) is 0 Å². The Morgan fingerprint density at radius 3 is 3.21 bits per heavy atom. The molecule has 0 aromatic rings. The highest BCUT2D eigenvalue weighted by Crippen LogP contribution is 2.48. The summed E-state index contributed by atoms with van der Waals surface area (Å²) < 4.78 is 5.18. The van der Waals surface area contributed by atoms with Gasteiger partial charge in [0.2, 0.25) is 0 Å². The van der Waals surface area contributed by atoms with Crippen LogP contribution >= 0.6 is 0 Å². The average Bonchev–Trinajstić information content (AvgIpc) is 2.58. The Morgan fingerprint density at radius 2 is 2.43 bits per heavy atom. The molecule has 1 saturated carbocycles. The van der Waals surface area contributed by atoms with Crippen molar-refractivity contribution in [3.05, 3.63) is 11.6 Å². The van der Waals surface area contributed by atoms with Crippen molar-refractivity contribution in [1.29, 1.82) is 0 Å². The minimum absolute atomic E-state index is 0.131. The number of rotatable bonds is 3. The van der Waals surface area contributed by atoms with E-state index in [0.29, 0.717) is 6.61 Å². The molecule has 1 heterocycles. The quantitative estimate of drug-likeness (QED) is 0.646. The van der Waals surface area contributed by atoms with Crippen molar-refractivity contribution in [2.24, 2.45) is 5.41 Å². The standard InChI is InChI=1S/C12H18O2/c1-2-3-6-12-7-4-5-10(12)8-11(13)14-9-12/h8H,2-7,9H2,1H3. The van der Waals surface area contributed by atoms with Crippen LogP contribution in [-0.4, -0.2) is 12.6 Å². The van der Waals surface area contributed by atoms with Crippen LogP contribution in [0.4, 0.5) is 0 Å². The number of fused-ring (bicyclic) bond motifs is 1. The minimum atomic E-state index is -0.131. The summed E-state index contributed by atoms with van der Waals surface area (Å²) >= 11 is 0. The molecule has 0 aromatic carbocycles. The summed E-state index contributed by atoms with van der Waals surface area (Å²) in [5.41, 5.74) is 1.60. The molecule has 1 atom stereocenters. The van der Waals surface area contributed by atoms with E-state index in [2.05, 4.69) is 6.92 Å². The molecule has 0 amide bonds. The van der Waals surface area contributed by atoms with Crippen molar-refractivity contribution in [2.75, 3.05) is 6.61 Å². The van der Waals surface area contributed by atoms with Crippen molar-refractivity contribution in [1.82, 2.24) is 0 Å². The van der Waals surface area contributed by atoms with Crippen LogP contribution in [0.25, 0.3) is 0 Å². The van der Waals surface area contributed by atoms with Gasteiger partial charge in [0, 0.05) is 11.5 Å². The van der Waals surface area contributed by atoms with Gasteiger partial charge < -0.3 is 4.74 Å². The molecule has 0 saturated heterocycles. The predicted octanol–water partition coefficient (Wildman–Crippen LogP) is 2.83. The van der Waals surface area contributed by atoms with Crippen LogP contribution in [0.15, 0.2) is 11.6 Å². The van der Waals surface area contributed by atoms with Gasteiger partial charge in [0.15, 0.2) is 0 Å². The molecule has 1 aliphatic heterocycles. The van der Waals surface area contributed by atoms with Crippen LogP contribution in [0.5, 0.6) is 0 Å². The van der Waals surface area contributed by atoms with Crippen LogP contribution in [0.1, 0.15) is 45.4 Å². The molecule has 78 valence electrons. The van der Waals surface area contributed by atoms with E-state index in [9.17, 15) is 4.79 Å². The number of unbranched alkanes of at least 4 members (excludes halogenated alkanes) is 1. The summed E-state index contributed by atoms with van der Waals surface area (Å²) in [6.07, 6.45) is 8.96. The topological polar surface area (TPSA) is 26.3 Å². The lowest BCUT2D eigenvalue weighted by Crippen LogP contribution is -2.31. The molecule has 0 radical (unpaired) electrons. The molecule has 0 bridgehead atoms. The summed E-state index contributed by atoms with van der Waals surface area (Å²) in [6, 6.07) is 0. The minimum Gasteiger partial charge on any atom is -0.462 e. The summed E-state index contributed by atoms with van der Waals surface area (Å²) in [6.45, 7) is 2.85. The van der Waals surface area contributed by atoms with E-state index >= 15 is 0 Å². The largest absolute Gasteiger partial charge is 0.462 e. The number of hydrogen-bond donors (Lipinski definition) is 0. The summed E-state index contributed by atoms with van der Waals surface area (Å²) in [4.78, 5) is 11.1. The van der Waals surface area contributed by atoms with Crippen molar-refractivity contribution >= 4 is 5.97 Å². The first-order valence-corrected chi connectivity index (χ1v) is 5.65. The Morgan fingerprint density at radius 1 is 1.57 bits per heavy atom. The average molecular weight is 194 g/mol. The number of cyclic esters (lactones) is 1. The number of esters is 1. The molecule has 2 rings (SSSR count). The Bertz CT molecular complexity index is 267. The fourth-order valence-electron chi connectivity index (χ4n) is 2.70. The molecule has 1 fully saturated rings. The smallest absolute Gasteiger partial charge is 0.330 e. The molecule has 0 N–H and O–H groups in total. The van der Waals surface area contributed by atoms with Crippen LogP contribution in [0.2, 0.25) is 0 Å². The lowest BCUT2D eigenvalue weighted by atomic mass is 9.77. The second-order valence-electron chi connectivity index (χ2n) is 4.51. The monoisotopic (exact) mass is 194 g/mol. The third kappa shape index (κ3) is 1.58. The normalized spacial score (nSPS) is 30.9. The fourth-order valence-corrected chi connectivity index (χ4v) is 2.70. The van der Waals surface area contributed by atoms with Gasteiger partial charge in [-0.1, -0.05) is 25.3 Å². The predicted molar refractivity (Wildman–Crippen MR) is 54.9 cm³/mol. The van der Waals surface area contributed by atoms with Gasteiger partial charge in [-0.3, -0.25) is 0 Å². The van der Waals surface area contributed by atoms with E-state index in [-0.39, 0.29) is 11.4 Å². The van der Waals surface area contributed by atoms with Crippen molar-refractivity contribution in [3.8, 4) is 0 Å². The zero-order valence-corrected chi connectivity index (χ0v) is 8.84. The molecule has 2 aliphatic rings. The van der Waals surface area contributed by atoms with Gasteiger partial charge in [-0.05, 0) is 25.7 Å². The molecule has 1 aliphatic carbocycles. The first-order valence-electron chi connectivity index (χ1n) is 5.65. The molecule has 0 spiro atoms. The van der Waals surface area contributed by atoms with Gasteiger partial charge in [0.25, 0.3) is 0 Å². The fraction of sp³-hybridized carbons (Fsp3) is 0.750. The van der Waals surface area contributed by atoms with Crippen LogP contribution < -0.4 is 0 Å². The highest BCUT2D eigenvalue weighted by molar-refractivity contribution is 5.84. The lowest BCUT2D eigenvalue weighted by Gasteiger charge is -2.33. The Balaban J connectivity index is 2.15. The molecule has 14 heavy (non-hydrogen) atoms. The number of hydrogen-bond acceptors (Lipinski definition) is 2. The second-order valence-corrected chi connectivity index (χ2v) is 4.51. The van der Waals surface area contributed by atoms with Crippen LogP contribution in [0, 0.1) is 5.41 Å². The number of carbonyl (C=O) groups is 1. The highest BCUT2D eigenvalue weighted by Gasteiger charge is 2.41. The third-order valence-corrected chi connectivity index (χ3v) is 3.57. The van der Waals surface area contributed by atoms with Gasteiger partial charge in [-0.25, -0.2) is 4.79 Å². The van der Waals surface area contributed by atoms with Crippen molar-refractivity contribution in [2.45, 2.75) is 45.4 Å². The molecule has 0 aromatic heterocycles. The third-order valence-electron chi connectivity index (χ3n) is 3.57. The van der Waals surface area contributed by atoms with Gasteiger partial charge >= 0.3 is 5.97 Å². The van der Waals surface area contributed by atoms with E-state index in [1.165, 1.54) is 37.7 Å². The zero-order valence-electron chi connectivity index (χ0n) is 8.84. The highest BCUT2D eigenvalue weighted by atomic mass is 16.5. The van der Waals surface area contributed by atoms with Gasteiger partial charge in [0.1, 0.15) is 6.61 Å². The van der Waals surface area contributed by atoms with Gasteiger partial charge in [-0.15, -0.1) is 0 Å². The molecular formula is C12H18O2.